The highest BCUT2D eigenvalue weighted by Crippen LogP contribution is 2.25. The van der Waals surface area contributed by atoms with Gasteiger partial charge in [0.1, 0.15) is 18.2 Å². The van der Waals surface area contributed by atoms with E-state index in [0.717, 1.165) is 5.56 Å². The molecule has 2 heterocycles. The highest BCUT2D eigenvalue weighted by atomic mass is 16.5. The summed E-state index contributed by atoms with van der Waals surface area (Å²) in [7, 11) is 0. The van der Waals surface area contributed by atoms with Crippen LogP contribution in [0.3, 0.4) is 0 Å². The molecule has 1 aromatic carbocycles. The number of aromatic nitrogens is 2. The van der Waals surface area contributed by atoms with E-state index in [2.05, 4.69) is 42.6 Å². The summed E-state index contributed by atoms with van der Waals surface area (Å²) >= 11 is 0. The molecule has 25 heavy (non-hydrogen) atoms. The van der Waals surface area contributed by atoms with Crippen LogP contribution in [-0.4, -0.2) is 33.9 Å². The van der Waals surface area contributed by atoms with Crippen LogP contribution in [0.2, 0.25) is 0 Å². The minimum Gasteiger partial charge on any atom is -0.491 e. The lowest BCUT2D eigenvalue weighted by Gasteiger charge is -2.18. The zero-order valence-electron chi connectivity index (χ0n) is 14.7. The number of hydrogen-bond acceptors (Lipinski definition) is 4. The Morgan fingerprint density at radius 1 is 1.24 bits per heavy atom. The molecule has 0 radical (unpaired) electrons. The maximum absolute atomic E-state index is 12.9. The number of benzene rings is 1. The van der Waals surface area contributed by atoms with Crippen LogP contribution in [0.5, 0.6) is 5.75 Å². The summed E-state index contributed by atoms with van der Waals surface area (Å²) < 4.78 is 5.74. The van der Waals surface area contributed by atoms with Gasteiger partial charge in [0.2, 0.25) is 0 Å². The third-order valence-electron chi connectivity index (χ3n) is 3.65. The van der Waals surface area contributed by atoms with Gasteiger partial charge < -0.3 is 9.64 Å². The number of nitrogens with zero attached hydrogens (tertiary/aromatic N) is 3. The number of rotatable bonds is 2. The summed E-state index contributed by atoms with van der Waals surface area (Å²) in [5.74, 6) is 7.46. The molecule has 0 N–H and O–H groups in total. The van der Waals surface area contributed by atoms with Crippen molar-refractivity contribution in [3.63, 3.8) is 0 Å². The van der Waals surface area contributed by atoms with Gasteiger partial charge in [0.25, 0.3) is 5.91 Å². The van der Waals surface area contributed by atoms with Crippen molar-refractivity contribution in [2.24, 2.45) is 5.41 Å². The van der Waals surface area contributed by atoms with Gasteiger partial charge in [-0.25, -0.2) is 9.97 Å². The van der Waals surface area contributed by atoms with E-state index in [0.29, 0.717) is 36.8 Å². The van der Waals surface area contributed by atoms with Gasteiger partial charge in [-0.3, -0.25) is 4.79 Å². The van der Waals surface area contributed by atoms with Gasteiger partial charge in [0.05, 0.1) is 18.7 Å². The van der Waals surface area contributed by atoms with Crippen LogP contribution in [0.15, 0.2) is 36.7 Å². The highest BCUT2D eigenvalue weighted by Gasteiger charge is 2.24. The molecule has 1 aliphatic rings. The van der Waals surface area contributed by atoms with E-state index < -0.39 is 0 Å². The van der Waals surface area contributed by atoms with Crippen LogP contribution in [0.1, 0.15) is 42.5 Å². The van der Waals surface area contributed by atoms with E-state index in [9.17, 15) is 4.79 Å². The van der Waals surface area contributed by atoms with Crippen molar-refractivity contribution in [1.29, 1.82) is 0 Å². The van der Waals surface area contributed by atoms with E-state index in [-0.39, 0.29) is 11.3 Å². The fraction of sp³-hybridized carbons (Fsp3) is 0.350. The number of carbonyl (C=O) groups excluding carboxylic acids is 1. The minimum atomic E-state index is -0.0933. The number of amides is 1. The van der Waals surface area contributed by atoms with Crippen LogP contribution in [0.4, 0.5) is 0 Å². The first-order valence-corrected chi connectivity index (χ1v) is 8.27. The largest absolute Gasteiger partial charge is 0.491 e. The SMILES string of the molecule is CC(C)(C)C#Cc1ccc2c(c1)C(=O)N(Cc1ncccn1)CCO2. The van der Waals surface area contributed by atoms with Gasteiger partial charge in [0, 0.05) is 23.4 Å². The second-order valence-electron chi connectivity index (χ2n) is 6.95. The summed E-state index contributed by atoms with van der Waals surface area (Å²) in [6.07, 6.45) is 3.35. The predicted octanol–water partition coefficient (Wildman–Crippen LogP) is 2.91. The Morgan fingerprint density at radius 3 is 2.72 bits per heavy atom. The lowest BCUT2D eigenvalue weighted by atomic mass is 9.97. The first-order chi connectivity index (χ1) is 11.9. The summed E-state index contributed by atoms with van der Waals surface area (Å²) in [5.41, 5.74) is 1.25. The molecule has 5 nitrogen and oxygen atoms in total. The zero-order chi connectivity index (χ0) is 17.9. The molecular formula is C20H21N3O2. The molecule has 0 saturated heterocycles. The Labute approximate surface area is 148 Å². The molecule has 0 saturated carbocycles. The number of hydrogen-bond donors (Lipinski definition) is 0. The Hall–Kier alpha value is -2.87. The van der Waals surface area contributed by atoms with Crippen LogP contribution < -0.4 is 4.74 Å². The second-order valence-corrected chi connectivity index (χ2v) is 6.95. The lowest BCUT2D eigenvalue weighted by Crippen LogP contribution is -2.32. The number of fused-ring (bicyclic) bond motifs is 1. The average molecular weight is 335 g/mol. The smallest absolute Gasteiger partial charge is 0.258 e. The quantitative estimate of drug-likeness (QED) is 0.792. The van der Waals surface area contributed by atoms with Gasteiger partial charge in [-0.05, 0) is 45.0 Å². The molecule has 1 amide bonds. The Morgan fingerprint density at radius 2 is 2.00 bits per heavy atom. The van der Waals surface area contributed by atoms with E-state index in [1.54, 1.807) is 29.4 Å². The molecule has 5 heteroatoms. The average Bonchev–Trinajstić information content (AvgIpc) is 2.73. The van der Waals surface area contributed by atoms with E-state index in [4.69, 9.17) is 4.74 Å². The first-order valence-electron chi connectivity index (χ1n) is 8.27. The van der Waals surface area contributed by atoms with Crippen LogP contribution in [-0.2, 0) is 6.54 Å². The highest BCUT2D eigenvalue weighted by molar-refractivity contribution is 5.97. The Kier molecular flexibility index (Phi) is 4.71. The van der Waals surface area contributed by atoms with Crippen LogP contribution >= 0.6 is 0 Å². The van der Waals surface area contributed by atoms with Gasteiger partial charge in [0.15, 0.2) is 0 Å². The third-order valence-corrected chi connectivity index (χ3v) is 3.65. The number of ether oxygens (including phenoxy) is 1. The summed E-state index contributed by atoms with van der Waals surface area (Å²) in [4.78, 5) is 23.0. The predicted molar refractivity (Wildman–Crippen MR) is 95.0 cm³/mol. The van der Waals surface area contributed by atoms with Crippen molar-refractivity contribution in [2.75, 3.05) is 13.2 Å². The standard InChI is InChI=1S/C20H21N3O2/c1-20(2,3)8-7-15-5-6-17-16(13-15)19(24)23(11-12-25-17)14-18-21-9-4-10-22-18/h4-6,9-10,13H,11-12,14H2,1-3H3. The van der Waals surface area contributed by atoms with Gasteiger partial charge in [-0.1, -0.05) is 11.8 Å². The molecule has 3 rings (SSSR count). The molecular weight excluding hydrogens is 314 g/mol. The fourth-order valence-corrected chi connectivity index (χ4v) is 2.43. The molecule has 1 aliphatic heterocycles. The Bertz CT molecular complexity index is 830. The Balaban J connectivity index is 1.88. The van der Waals surface area contributed by atoms with Gasteiger partial charge >= 0.3 is 0 Å². The maximum atomic E-state index is 12.9. The molecule has 0 bridgehead atoms. The summed E-state index contributed by atoms with van der Waals surface area (Å²) in [6.45, 7) is 7.46. The summed E-state index contributed by atoms with van der Waals surface area (Å²) in [5, 5.41) is 0. The third kappa shape index (κ3) is 4.36. The summed E-state index contributed by atoms with van der Waals surface area (Å²) in [6, 6.07) is 7.27. The topological polar surface area (TPSA) is 55.3 Å². The van der Waals surface area contributed by atoms with E-state index >= 15 is 0 Å². The van der Waals surface area contributed by atoms with Crippen molar-refractivity contribution in [2.45, 2.75) is 27.3 Å². The van der Waals surface area contributed by atoms with Gasteiger partial charge in [-0.15, -0.1) is 0 Å². The van der Waals surface area contributed by atoms with E-state index in [1.807, 2.05) is 12.1 Å². The fourth-order valence-electron chi connectivity index (χ4n) is 2.43. The maximum Gasteiger partial charge on any atom is 0.258 e. The lowest BCUT2D eigenvalue weighted by molar-refractivity contribution is 0.0738. The number of carbonyl (C=O) groups is 1. The van der Waals surface area contributed by atoms with Crippen LogP contribution in [0, 0.1) is 17.3 Å². The molecule has 0 atom stereocenters. The van der Waals surface area contributed by atoms with Crippen LogP contribution in [0.25, 0.3) is 0 Å². The molecule has 0 aliphatic carbocycles. The van der Waals surface area contributed by atoms with Crippen molar-refractivity contribution in [1.82, 2.24) is 14.9 Å². The van der Waals surface area contributed by atoms with E-state index in [1.165, 1.54) is 0 Å². The molecule has 0 fully saturated rings. The van der Waals surface area contributed by atoms with Crippen molar-refractivity contribution in [3.8, 4) is 17.6 Å². The first kappa shape index (κ1) is 17.0. The molecule has 0 spiro atoms. The normalized spacial score (nSPS) is 14.0. The molecule has 0 unspecified atom stereocenters. The molecule has 2 aromatic rings. The zero-order valence-corrected chi connectivity index (χ0v) is 14.7. The second kappa shape index (κ2) is 6.94. The van der Waals surface area contributed by atoms with Gasteiger partial charge in [-0.2, -0.15) is 0 Å². The monoisotopic (exact) mass is 335 g/mol. The van der Waals surface area contributed by atoms with Crippen molar-refractivity contribution < 1.29 is 9.53 Å². The van der Waals surface area contributed by atoms with Crippen molar-refractivity contribution >= 4 is 5.91 Å². The molecule has 1 aromatic heterocycles. The van der Waals surface area contributed by atoms with Crippen molar-refractivity contribution in [3.05, 3.63) is 53.6 Å². The minimum absolute atomic E-state index is 0.0839. The molecule has 128 valence electrons.